The molecule has 0 radical (unpaired) electrons. The lowest BCUT2D eigenvalue weighted by molar-refractivity contribution is -0.116. The van der Waals surface area contributed by atoms with Crippen LogP contribution in [-0.4, -0.2) is 49.4 Å². The SMILES string of the molecule is NC(=O)c1ccsc1NC(=O)CCN1CCN(c2ccccc2F)CC1. The van der Waals surface area contributed by atoms with Gasteiger partial charge in [-0.25, -0.2) is 4.39 Å². The van der Waals surface area contributed by atoms with Crippen molar-refractivity contribution >= 4 is 33.8 Å². The van der Waals surface area contributed by atoms with Gasteiger partial charge in [0.15, 0.2) is 0 Å². The Morgan fingerprint density at radius 3 is 2.58 bits per heavy atom. The monoisotopic (exact) mass is 376 g/mol. The van der Waals surface area contributed by atoms with Gasteiger partial charge in [0.25, 0.3) is 5.91 Å². The van der Waals surface area contributed by atoms with Crippen LogP contribution >= 0.6 is 11.3 Å². The summed E-state index contributed by atoms with van der Waals surface area (Å²) in [7, 11) is 0. The van der Waals surface area contributed by atoms with Crippen molar-refractivity contribution in [3.05, 3.63) is 47.1 Å². The Balaban J connectivity index is 1.45. The Morgan fingerprint density at radius 1 is 1.15 bits per heavy atom. The van der Waals surface area contributed by atoms with Crippen LogP contribution in [-0.2, 0) is 4.79 Å². The van der Waals surface area contributed by atoms with Crippen LogP contribution in [0.4, 0.5) is 15.1 Å². The number of benzene rings is 1. The van der Waals surface area contributed by atoms with E-state index < -0.39 is 5.91 Å². The van der Waals surface area contributed by atoms with Crippen LogP contribution in [0.2, 0.25) is 0 Å². The van der Waals surface area contributed by atoms with Gasteiger partial charge in [0.2, 0.25) is 5.91 Å². The summed E-state index contributed by atoms with van der Waals surface area (Å²) in [4.78, 5) is 27.6. The standard InChI is InChI=1S/C18H21FN4O2S/c19-14-3-1-2-4-15(14)23-10-8-22(9-11-23)7-5-16(24)21-18-13(17(20)25)6-12-26-18/h1-4,6,12H,5,7-11H2,(H2,20,25)(H,21,24). The van der Waals surface area contributed by atoms with Crippen LogP contribution in [0.3, 0.4) is 0 Å². The molecule has 0 unspecified atom stereocenters. The summed E-state index contributed by atoms with van der Waals surface area (Å²) in [6.07, 6.45) is 0.329. The van der Waals surface area contributed by atoms with Gasteiger partial charge in [0.1, 0.15) is 10.8 Å². The van der Waals surface area contributed by atoms with E-state index in [0.29, 0.717) is 29.2 Å². The molecule has 0 bridgehead atoms. The van der Waals surface area contributed by atoms with Gasteiger partial charge in [-0.2, -0.15) is 0 Å². The van der Waals surface area contributed by atoms with Gasteiger partial charge in [-0.05, 0) is 23.6 Å². The van der Waals surface area contributed by atoms with E-state index in [0.717, 1.165) is 26.2 Å². The summed E-state index contributed by atoms with van der Waals surface area (Å²) in [5, 5.41) is 4.96. The van der Waals surface area contributed by atoms with Crippen molar-refractivity contribution in [1.82, 2.24) is 4.90 Å². The fraction of sp³-hybridized carbons (Fsp3) is 0.333. The molecule has 3 rings (SSSR count). The summed E-state index contributed by atoms with van der Waals surface area (Å²) in [5.41, 5.74) is 6.24. The van der Waals surface area contributed by atoms with Gasteiger partial charge in [-0.1, -0.05) is 12.1 Å². The number of hydrogen-bond donors (Lipinski definition) is 2. The summed E-state index contributed by atoms with van der Waals surface area (Å²) < 4.78 is 13.9. The fourth-order valence-electron chi connectivity index (χ4n) is 2.97. The lowest BCUT2D eigenvalue weighted by atomic mass is 10.2. The molecule has 1 fully saturated rings. The normalized spacial score (nSPS) is 15.0. The number of amides is 2. The molecule has 0 atom stereocenters. The molecule has 0 saturated carbocycles. The van der Waals surface area contributed by atoms with Crippen molar-refractivity contribution in [2.24, 2.45) is 5.73 Å². The second kappa shape index (κ2) is 8.29. The van der Waals surface area contributed by atoms with Crippen LogP contribution in [0.25, 0.3) is 0 Å². The molecule has 26 heavy (non-hydrogen) atoms. The second-order valence-electron chi connectivity index (χ2n) is 6.11. The van der Waals surface area contributed by atoms with Crippen LogP contribution in [0.1, 0.15) is 16.8 Å². The Morgan fingerprint density at radius 2 is 1.88 bits per heavy atom. The molecular weight excluding hydrogens is 355 g/mol. The number of hydrogen-bond acceptors (Lipinski definition) is 5. The average Bonchev–Trinajstić information content (AvgIpc) is 3.09. The summed E-state index contributed by atoms with van der Waals surface area (Å²) in [6.45, 7) is 3.60. The number of carbonyl (C=O) groups is 2. The molecule has 2 aromatic rings. The van der Waals surface area contributed by atoms with E-state index in [1.54, 1.807) is 23.6 Å². The maximum Gasteiger partial charge on any atom is 0.251 e. The molecule has 138 valence electrons. The van der Waals surface area contributed by atoms with Crippen molar-refractivity contribution in [3.63, 3.8) is 0 Å². The van der Waals surface area contributed by atoms with Gasteiger partial charge in [-0.3, -0.25) is 14.5 Å². The molecule has 1 saturated heterocycles. The Bertz CT molecular complexity index is 787. The van der Waals surface area contributed by atoms with Gasteiger partial charge in [0, 0.05) is 39.1 Å². The summed E-state index contributed by atoms with van der Waals surface area (Å²) >= 11 is 1.28. The second-order valence-corrected chi connectivity index (χ2v) is 7.02. The quantitative estimate of drug-likeness (QED) is 0.810. The van der Waals surface area contributed by atoms with E-state index in [1.165, 1.54) is 17.4 Å². The number of piperazine rings is 1. The van der Waals surface area contributed by atoms with Crippen molar-refractivity contribution in [1.29, 1.82) is 0 Å². The molecule has 6 nitrogen and oxygen atoms in total. The van der Waals surface area contributed by atoms with Crippen molar-refractivity contribution < 1.29 is 14.0 Å². The number of primary amides is 1. The van der Waals surface area contributed by atoms with E-state index in [2.05, 4.69) is 10.2 Å². The third-order valence-corrected chi connectivity index (χ3v) is 5.23. The van der Waals surface area contributed by atoms with Crippen LogP contribution in [0.5, 0.6) is 0 Å². The predicted octanol–water partition coefficient (Wildman–Crippen LogP) is 2.14. The van der Waals surface area contributed by atoms with Crippen LogP contribution < -0.4 is 16.0 Å². The number of carbonyl (C=O) groups excluding carboxylic acids is 2. The first-order chi connectivity index (χ1) is 12.5. The summed E-state index contributed by atoms with van der Waals surface area (Å²) in [5.74, 6) is -0.904. The zero-order valence-electron chi connectivity index (χ0n) is 14.3. The van der Waals surface area contributed by atoms with Crippen molar-refractivity contribution in [3.8, 4) is 0 Å². The van der Waals surface area contributed by atoms with Gasteiger partial charge in [0.05, 0.1) is 11.3 Å². The van der Waals surface area contributed by atoms with E-state index >= 15 is 0 Å². The third-order valence-electron chi connectivity index (χ3n) is 4.40. The minimum Gasteiger partial charge on any atom is -0.367 e. The number of para-hydroxylation sites is 1. The van der Waals surface area contributed by atoms with E-state index in [9.17, 15) is 14.0 Å². The molecule has 1 aromatic carbocycles. The molecule has 0 aliphatic carbocycles. The first-order valence-electron chi connectivity index (χ1n) is 8.43. The van der Waals surface area contributed by atoms with E-state index in [-0.39, 0.29) is 11.7 Å². The number of halogens is 1. The zero-order chi connectivity index (χ0) is 18.5. The smallest absolute Gasteiger partial charge is 0.251 e. The molecule has 2 heterocycles. The molecule has 1 aliphatic heterocycles. The molecule has 2 amide bonds. The average molecular weight is 376 g/mol. The van der Waals surface area contributed by atoms with Gasteiger partial charge >= 0.3 is 0 Å². The first kappa shape index (κ1) is 18.3. The highest BCUT2D eigenvalue weighted by Crippen LogP contribution is 2.23. The van der Waals surface area contributed by atoms with Crippen molar-refractivity contribution in [2.45, 2.75) is 6.42 Å². The van der Waals surface area contributed by atoms with Gasteiger partial charge < -0.3 is 16.0 Å². The molecule has 0 spiro atoms. The number of nitrogens with two attached hydrogens (primary N) is 1. The fourth-order valence-corrected chi connectivity index (χ4v) is 3.78. The maximum absolute atomic E-state index is 13.9. The van der Waals surface area contributed by atoms with Gasteiger partial charge in [-0.15, -0.1) is 11.3 Å². The maximum atomic E-state index is 13.9. The highest BCUT2D eigenvalue weighted by molar-refractivity contribution is 7.14. The Kier molecular flexibility index (Phi) is 5.85. The molecule has 1 aliphatic rings. The number of nitrogens with one attached hydrogen (secondary N) is 1. The highest BCUT2D eigenvalue weighted by atomic mass is 32.1. The molecule has 8 heteroatoms. The Labute approximate surface area is 155 Å². The van der Waals surface area contributed by atoms with Crippen LogP contribution in [0, 0.1) is 5.82 Å². The lowest BCUT2D eigenvalue weighted by Gasteiger charge is -2.36. The zero-order valence-corrected chi connectivity index (χ0v) is 15.1. The minimum absolute atomic E-state index is 0.147. The predicted molar refractivity (Wildman–Crippen MR) is 101 cm³/mol. The highest BCUT2D eigenvalue weighted by Gasteiger charge is 2.20. The largest absolute Gasteiger partial charge is 0.367 e. The van der Waals surface area contributed by atoms with E-state index in [1.807, 2.05) is 11.0 Å². The number of nitrogens with zero attached hydrogens (tertiary/aromatic N) is 2. The topological polar surface area (TPSA) is 78.7 Å². The molecule has 3 N–H and O–H groups in total. The molecule has 1 aromatic heterocycles. The Hall–Kier alpha value is -2.45. The van der Waals surface area contributed by atoms with Crippen molar-refractivity contribution in [2.75, 3.05) is 42.9 Å². The van der Waals surface area contributed by atoms with E-state index in [4.69, 9.17) is 5.73 Å². The lowest BCUT2D eigenvalue weighted by Crippen LogP contribution is -2.47. The number of anilines is 2. The number of rotatable bonds is 6. The number of thiophene rings is 1. The molecular formula is C18H21FN4O2S. The minimum atomic E-state index is -0.550. The van der Waals surface area contributed by atoms with Crippen LogP contribution in [0.15, 0.2) is 35.7 Å². The third kappa shape index (κ3) is 4.39. The summed E-state index contributed by atoms with van der Waals surface area (Å²) in [6, 6.07) is 8.38. The first-order valence-corrected chi connectivity index (χ1v) is 9.31.